The lowest BCUT2D eigenvalue weighted by Crippen LogP contribution is -2.39. The summed E-state index contributed by atoms with van der Waals surface area (Å²) in [5.74, 6) is 0.0703. The van der Waals surface area contributed by atoms with Crippen LogP contribution in [-0.2, 0) is 16.1 Å². The molecule has 2 heterocycles. The number of aromatic nitrogens is 1. The molecule has 202 valence electrons. The first kappa shape index (κ1) is 26.8. The molecule has 1 aromatic heterocycles. The molecule has 0 bridgehead atoms. The summed E-state index contributed by atoms with van der Waals surface area (Å²) >= 11 is 1.11. The fraction of sp³-hybridized carbons (Fsp3) is 0.167. The fourth-order valence-corrected chi connectivity index (χ4v) is 5.57. The number of thiazole rings is 1. The molecule has 1 atom stereocenters. The summed E-state index contributed by atoms with van der Waals surface area (Å²) in [4.78, 5) is 43.4. The number of benzene rings is 3. The number of hydrogen-bond acceptors (Lipinski definition) is 8. The summed E-state index contributed by atoms with van der Waals surface area (Å²) in [6.45, 7) is 4.15. The van der Waals surface area contributed by atoms with E-state index in [-0.39, 0.29) is 22.4 Å². The molecule has 1 aliphatic heterocycles. The normalized spacial score (nSPS) is 14.8. The summed E-state index contributed by atoms with van der Waals surface area (Å²) in [5.41, 5.74) is 1.94. The Kier molecular flexibility index (Phi) is 7.70. The first-order valence-electron chi connectivity index (χ1n) is 12.6. The number of hydrogen-bond donors (Lipinski definition) is 0. The van der Waals surface area contributed by atoms with E-state index in [4.69, 9.17) is 9.47 Å². The highest BCUT2D eigenvalue weighted by Crippen LogP contribution is 2.32. The van der Waals surface area contributed by atoms with E-state index in [1.54, 1.807) is 49.4 Å². The highest BCUT2D eigenvalue weighted by atomic mass is 32.1. The van der Waals surface area contributed by atoms with Crippen LogP contribution >= 0.6 is 11.3 Å². The lowest BCUT2D eigenvalue weighted by molar-refractivity contribution is -0.385. The SMILES string of the molecule is CCOc1ccc(C2C(C(=O)OCc3ccccc3)=C(C)N=c3sc(=Cc4ccccc4[N+](=O)[O-])c(=O)n32)cc1. The van der Waals surface area contributed by atoms with Crippen molar-refractivity contribution in [3.05, 3.63) is 137 Å². The molecule has 5 rings (SSSR count). The number of nitro benzene ring substituents is 1. The Balaban J connectivity index is 1.63. The number of esters is 1. The molecular formula is C30H25N3O6S. The minimum atomic E-state index is -0.817. The maximum atomic E-state index is 13.8. The highest BCUT2D eigenvalue weighted by molar-refractivity contribution is 7.07. The number of nitrogens with zero attached hydrogens (tertiary/aromatic N) is 3. The molecule has 1 aliphatic rings. The van der Waals surface area contributed by atoms with Gasteiger partial charge in [-0.05, 0) is 49.2 Å². The van der Waals surface area contributed by atoms with Gasteiger partial charge in [-0.2, -0.15) is 0 Å². The lowest BCUT2D eigenvalue weighted by Gasteiger charge is -2.25. The van der Waals surface area contributed by atoms with E-state index >= 15 is 0 Å². The van der Waals surface area contributed by atoms with Crippen molar-refractivity contribution in [2.24, 2.45) is 4.99 Å². The minimum Gasteiger partial charge on any atom is -0.494 e. The quantitative estimate of drug-likeness (QED) is 0.182. The van der Waals surface area contributed by atoms with E-state index in [2.05, 4.69) is 4.99 Å². The number of carbonyl (C=O) groups excluding carboxylic acids is 1. The van der Waals surface area contributed by atoms with Crippen LogP contribution in [0.4, 0.5) is 5.69 Å². The Labute approximate surface area is 233 Å². The summed E-state index contributed by atoms with van der Waals surface area (Å²) in [6, 6.07) is 21.9. The van der Waals surface area contributed by atoms with Gasteiger partial charge in [-0.1, -0.05) is 65.9 Å². The van der Waals surface area contributed by atoms with Gasteiger partial charge in [-0.25, -0.2) is 9.79 Å². The van der Waals surface area contributed by atoms with Crippen LogP contribution in [0.2, 0.25) is 0 Å². The van der Waals surface area contributed by atoms with E-state index in [9.17, 15) is 19.7 Å². The smallest absolute Gasteiger partial charge is 0.338 e. The average Bonchev–Trinajstić information content (AvgIpc) is 3.26. The molecular weight excluding hydrogens is 530 g/mol. The average molecular weight is 556 g/mol. The number of ether oxygens (including phenoxy) is 2. The van der Waals surface area contributed by atoms with Crippen molar-refractivity contribution < 1.29 is 19.2 Å². The van der Waals surface area contributed by atoms with Gasteiger partial charge in [0.1, 0.15) is 12.4 Å². The second-order valence-electron chi connectivity index (χ2n) is 8.96. The second kappa shape index (κ2) is 11.5. The monoisotopic (exact) mass is 555 g/mol. The van der Waals surface area contributed by atoms with Gasteiger partial charge in [0.25, 0.3) is 11.2 Å². The molecule has 0 radical (unpaired) electrons. The number of allylic oxidation sites excluding steroid dienone is 1. The van der Waals surface area contributed by atoms with Crippen molar-refractivity contribution in [3.8, 4) is 5.75 Å². The molecule has 9 nitrogen and oxygen atoms in total. The maximum absolute atomic E-state index is 13.8. The zero-order valence-electron chi connectivity index (χ0n) is 21.8. The zero-order chi connectivity index (χ0) is 28.2. The lowest BCUT2D eigenvalue weighted by atomic mass is 9.96. The van der Waals surface area contributed by atoms with Crippen molar-refractivity contribution in [1.82, 2.24) is 4.57 Å². The van der Waals surface area contributed by atoms with Gasteiger partial charge in [-0.15, -0.1) is 0 Å². The first-order chi connectivity index (χ1) is 19.4. The van der Waals surface area contributed by atoms with Crippen LogP contribution in [0, 0.1) is 10.1 Å². The molecule has 0 aliphatic carbocycles. The standard InChI is InChI=1S/C30H25N3O6S/c1-3-38-23-15-13-21(14-16-23)27-26(29(35)39-18-20-9-5-4-6-10-20)19(2)31-30-32(27)28(34)25(40-30)17-22-11-7-8-12-24(22)33(36)37/h4-17,27H,3,18H2,1-2H3. The third kappa shape index (κ3) is 5.34. The third-order valence-corrected chi connectivity index (χ3v) is 7.36. The number of fused-ring (bicyclic) bond motifs is 1. The largest absolute Gasteiger partial charge is 0.494 e. The van der Waals surface area contributed by atoms with Gasteiger partial charge in [-0.3, -0.25) is 19.5 Å². The van der Waals surface area contributed by atoms with E-state index in [0.29, 0.717) is 34.0 Å². The van der Waals surface area contributed by atoms with Crippen molar-refractivity contribution in [2.75, 3.05) is 6.61 Å². The Hall–Kier alpha value is -4.83. The second-order valence-corrected chi connectivity index (χ2v) is 9.97. The summed E-state index contributed by atoms with van der Waals surface area (Å²) in [6.07, 6.45) is 1.49. The van der Waals surface area contributed by atoms with E-state index in [1.807, 2.05) is 37.3 Å². The van der Waals surface area contributed by atoms with E-state index < -0.39 is 22.5 Å². The summed E-state index contributed by atoms with van der Waals surface area (Å²) in [7, 11) is 0. The molecule has 4 aromatic rings. The zero-order valence-corrected chi connectivity index (χ0v) is 22.6. The van der Waals surface area contributed by atoms with Crippen LogP contribution < -0.4 is 19.6 Å². The van der Waals surface area contributed by atoms with Crippen LogP contribution in [0.5, 0.6) is 5.75 Å². The molecule has 0 N–H and O–H groups in total. The van der Waals surface area contributed by atoms with Crippen LogP contribution in [0.1, 0.15) is 36.6 Å². The van der Waals surface area contributed by atoms with E-state index in [1.165, 1.54) is 16.7 Å². The molecule has 3 aromatic carbocycles. The fourth-order valence-electron chi connectivity index (χ4n) is 4.53. The van der Waals surface area contributed by atoms with E-state index in [0.717, 1.165) is 16.9 Å². The minimum absolute atomic E-state index is 0.0640. The molecule has 0 saturated carbocycles. The van der Waals surface area contributed by atoms with Crippen molar-refractivity contribution in [3.63, 3.8) is 0 Å². The third-order valence-electron chi connectivity index (χ3n) is 6.38. The molecule has 40 heavy (non-hydrogen) atoms. The van der Waals surface area contributed by atoms with Crippen molar-refractivity contribution in [2.45, 2.75) is 26.5 Å². The summed E-state index contributed by atoms with van der Waals surface area (Å²) < 4.78 is 13.0. The molecule has 0 amide bonds. The molecule has 1 unspecified atom stereocenters. The Morgan fingerprint density at radius 1 is 1.07 bits per heavy atom. The van der Waals surface area contributed by atoms with Crippen LogP contribution in [0.15, 0.2) is 99.9 Å². The van der Waals surface area contributed by atoms with Gasteiger partial charge >= 0.3 is 5.97 Å². The predicted molar refractivity (Wildman–Crippen MR) is 151 cm³/mol. The topological polar surface area (TPSA) is 113 Å². The number of carbonyl (C=O) groups is 1. The Morgan fingerprint density at radius 3 is 2.48 bits per heavy atom. The van der Waals surface area contributed by atoms with Crippen LogP contribution in [0.25, 0.3) is 6.08 Å². The maximum Gasteiger partial charge on any atom is 0.338 e. The molecule has 0 spiro atoms. The number of nitro groups is 1. The van der Waals surface area contributed by atoms with Gasteiger partial charge in [0.15, 0.2) is 4.80 Å². The summed E-state index contributed by atoms with van der Waals surface area (Å²) in [5, 5.41) is 11.5. The Bertz CT molecular complexity index is 1790. The first-order valence-corrected chi connectivity index (χ1v) is 13.4. The number of rotatable bonds is 8. The van der Waals surface area contributed by atoms with Gasteiger partial charge in [0.05, 0.1) is 38.9 Å². The Morgan fingerprint density at radius 2 is 1.77 bits per heavy atom. The van der Waals surface area contributed by atoms with Crippen molar-refractivity contribution in [1.29, 1.82) is 0 Å². The van der Waals surface area contributed by atoms with Gasteiger partial charge in [0.2, 0.25) is 0 Å². The van der Waals surface area contributed by atoms with Gasteiger partial charge in [0, 0.05) is 6.07 Å². The van der Waals surface area contributed by atoms with Crippen molar-refractivity contribution >= 4 is 29.1 Å². The number of para-hydroxylation sites is 1. The molecule has 10 heteroatoms. The van der Waals surface area contributed by atoms with Gasteiger partial charge < -0.3 is 9.47 Å². The van der Waals surface area contributed by atoms with Crippen LogP contribution in [0.3, 0.4) is 0 Å². The molecule has 0 fully saturated rings. The predicted octanol–water partition coefficient (Wildman–Crippen LogP) is 4.29. The highest BCUT2D eigenvalue weighted by Gasteiger charge is 2.33. The molecule has 0 saturated heterocycles. The van der Waals surface area contributed by atoms with Crippen LogP contribution in [-0.4, -0.2) is 22.1 Å².